The monoisotopic (exact) mass is 444 g/mol. The second kappa shape index (κ2) is 11.9. The maximum absolute atomic E-state index is 5.33. The summed E-state index contributed by atoms with van der Waals surface area (Å²) in [5, 5.41) is 3.48. The molecule has 0 atom stereocenters. The molecule has 0 aliphatic carbocycles. The van der Waals surface area contributed by atoms with E-state index < -0.39 is 0 Å². The molecule has 2 aromatic carbocycles. The van der Waals surface area contributed by atoms with Gasteiger partial charge in [0.05, 0.1) is 12.8 Å². The van der Waals surface area contributed by atoms with Crippen molar-refractivity contribution in [1.82, 2.24) is 20.2 Å². The molecule has 1 fully saturated rings. The Bertz CT molecular complexity index is 1020. The van der Waals surface area contributed by atoms with Crippen LogP contribution in [0, 0.1) is 0 Å². The van der Waals surface area contributed by atoms with Crippen LogP contribution in [0.25, 0.3) is 11.3 Å². The Kier molecular flexibility index (Phi) is 8.45. The fourth-order valence-electron chi connectivity index (χ4n) is 4.69. The minimum absolute atomic E-state index is 0.676. The van der Waals surface area contributed by atoms with Crippen LogP contribution < -0.4 is 10.1 Å². The van der Waals surface area contributed by atoms with Crippen LogP contribution >= 0.6 is 0 Å². The molecule has 1 aliphatic heterocycles. The number of piperidine rings is 1. The first kappa shape index (κ1) is 23.4. The van der Waals surface area contributed by atoms with Crippen molar-refractivity contribution >= 4 is 0 Å². The van der Waals surface area contributed by atoms with Gasteiger partial charge in [0.15, 0.2) is 0 Å². The molecule has 4 rings (SSSR count). The number of benzene rings is 2. The number of aromatic nitrogens is 2. The van der Waals surface area contributed by atoms with Crippen LogP contribution in [0.1, 0.15) is 43.1 Å². The lowest BCUT2D eigenvalue weighted by Crippen LogP contribution is -2.42. The third-order valence-electron chi connectivity index (χ3n) is 6.55. The average Bonchev–Trinajstić information content (AvgIpc) is 2.88. The van der Waals surface area contributed by atoms with Crippen molar-refractivity contribution in [2.75, 3.05) is 26.7 Å². The van der Waals surface area contributed by atoms with E-state index in [4.69, 9.17) is 9.72 Å². The fraction of sp³-hybridized carbons (Fsp3) is 0.429. The topological polar surface area (TPSA) is 50.3 Å². The highest BCUT2D eigenvalue weighted by Gasteiger charge is 2.19. The molecule has 2 heterocycles. The Morgan fingerprint density at radius 2 is 1.82 bits per heavy atom. The Morgan fingerprint density at radius 1 is 1.00 bits per heavy atom. The zero-order chi connectivity index (χ0) is 22.9. The molecule has 5 nitrogen and oxygen atoms in total. The Balaban J connectivity index is 1.39. The summed E-state index contributed by atoms with van der Waals surface area (Å²) < 4.78 is 5.33. The number of aryl methyl sites for hydroxylation is 2. The van der Waals surface area contributed by atoms with Gasteiger partial charge in [-0.25, -0.2) is 9.97 Å². The van der Waals surface area contributed by atoms with Gasteiger partial charge in [-0.3, -0.25) is 4.90 Å². The summed E-state index contributed by atoms with van der Waals surface area (Å²) in [6, 6.07) is 19.8. The van der Waals surface area contributed by atoms with Gasteiger partial charge in [-0.15, -0.1) is 0 Å². The van der Waals surface area contributed by atoms with Gasteiger partial charge < -0.3 is 10.1 Å². The predicted molar refractivity (Wildman–Crippen MR) is 134 cm³/mol. The van der Waals surface area contributed by atoms with Gasteiger partial charge in [-0.1, -0.05) is 37.3 Å². The maximum atomic E-state index is 5.33. The van der Waals surface area contributed by atoms with Gasteiger partial charge in [-0.05, 0) is 80.7 Å². The van der Waals surface area contributed by atoms with Crippen LogP contribution in [0.5, 0.6) is 5.75 Å². The van der Waals surface area contributed by atoms with Gasteiger partial charge in [-0.2, -0.15) is 0 Å². The highest BCUT2D eigenvalue weighted by Crippen LogP contribution is 2.22. The molecule has 0 radical (unpaired) electrons. The summed E-state index contributed by atoms with van der Waals surface area (Å²) in [6.45, 7) is 6.60. The van der Waals surface area contributed by atoms with Crippen molar-refractivity contribution in [1.29, 1.82) is 0 Å². The molecule has 33 heavy (non-hydrogen) atoms. The van der Waals surface area contributed by atoms with Gasteiger partial charge in [0.2, 0.25) is 0 Å². The molecular weight excluding hydrogens is 408 g/mol. The Labute approximate surface area is 198 Å². The number of hydrogen-bond donors (Lipinski definition) is 1. The van der Waals surface area contributed by atoms with E-state index in [1.807, 2.05) is 24.4 Å². The van der Waals surface area contributed by atoms with Crippen LogP contribution in [0.4, 0.5) is 0 Å². The molecular formula is C28H36N4O. The van der Waals surface area contributed by atoms with E-state index in [9.17, 15) is 0 Å². The quantitative estimate of drug-likeness (QED) is 0.482. The summed E-state index contributed by atoms with van der Waals surface area (Å²) in [6.07, 6.45) is 7.23. The second-order valence-corrected chi connectivity index (χ2v) is 8.81. The number of hydrogen-bond acceptors (Lipinski definition) is 5. The highest BCUT2D eigenvalue weighted by atomic mass is 16.5. The van der Waals surface area contributed by atoms with E-state index in [1.165, 1.54) is 29.5 Å². The number of nitrogens with zero attached hydrogens (tertiary/aromatic N) is 3. The number of rotatable bonds is 10. The first-order chi connectivity index (χ1) is 16.2. The van der Waals surface area contributed by atoms with E-state index in [-0.39, 0.29) is 0 Å². The highest BCUT2D eigenvalue weighted by molar-refractivity contribution is 5.59. The summed E-state index contributed by atoms with van der Waals surface area (Å²) >= 11 is 0. The van der Waals surface area contributed by atoms with Gasteiger partial charge >= 0.3 is 0 Å². The lowest BCUT2D eigenvalue weighted by atomic mass is 10.0. The molecule has 0 bridgehead atoms. The van der Waals surface area contributed by atoms with Gasteiger partial charge in [0.1, 0.15) is 11.6 Å². The molecule has 1 saturated heterocycles. The fourth-order valence-corrected chi connectivity index (χ4v) is 4.69. The van der Waals surface area contributed by atoms with Crippen molar-refractivity contribution in [2.45, 2.75) is 51.6 Å². The average molecular weight is 445 g/mol. The van der Waals surface area contributed by atoms with E-state index >= 15 is 0 Å². The van der Waals surface area contributed by atoms with Crippen LogP contribution in [-0.2, 0) is 19.4 Å². The SMILES string of the molecule is CCN(Cc1cccc(-c2ccnc(CCCc3cccc(OC)c3)n2)c1)C1CCNCC1. The van der Waals surface area contributed by atoms with E-state index in [0.717, 1.165) is 62.7 Å². The predicted octanol–water partition coefficient (Wildman–Crippen LogP) is 4.90. The van der Waals surface area contributed by atoms with Crippen LogP contribution in [-0.4, -0.2) is 47.7 Å². The molecule has 1 N–H and O–H groups in total. The lowest BCUT2D eigenvalue weighted by molar-refractivity contribution is 0.162. The minimum atomic E-state index is 0.676. The van der Waals surface area contributed by atoms with Crippen molar-refractivity contribution in [2.24, 2.45) is 0 Å². The second-order valence-electron chi connectivity index (χ2n) is 8.81. The van der Waals surface area contributed by atoms with Gasteiger partial charge in [0, 0.05) is 30.8 Å². The third kappa shape index (κ3) is 6.62. The number of ether oxygens (including phenoxy) is 1. The molecule has 174 valence electrons. The molecule has 1 aliphatic rings. The molecule has 3 aromatic rings. The summed E-state index contributed by atoms with van der Waals surface area (Å²) in [5.41, 5.74) is 4.82. The minimum Gasteiger partial charge on any atom is -0.497 e. The van der Waals surface area contributed by atoms with Crippen molar-refractivity contribution in [3.8, 4) is 17.0 Å². The summed E-state index contributed by atoms with van der Waals surface area (Å²) in [4.78, 5) is 12.0. The van der Waals surface area contributed by atoms with Crippen molar-refractivity contribution in [3.05, 3.63) is 77.7 Å². The van der Waals surface area contributed by atoms with E-state index in [1.54, 1.807) is 7.11 Å². The lowest BCUT2D eigenvalue weighted by Gasteiger charge is -2.34. The van der Waals surface area contributed by atoms with Crippen molar-refractivity contribution < 1.29 is 4.74 Å². The normalized spacial score (nSPS) is 14.5. The van der Waals surface area contributed by atoms with Crippen LogP contribution in [0.15, 0.2) is 60.8 Å². The summed E-state index contributed by atoms with van der Waals surface area (Å²) in [7, 11) is 1.71. The van der Waals surface area contributed by atoms with Crippen LogP contribution in [0.2, 0.25) is 0 Å². The first-order valence-corrected chi connectivity index (χ1v) is 12.2. The Morgan fingerprint density at radius 3 is 2.64 bits per heavy atom. The largest absolute Gasteiger partial charge is 0.497 e. The van der Waals surface area contributed by atoms with Crippen molar-refractivity contribution in [3.63, 3.8) is 0 Å². The Hall–Kier alpha value is -2.76. The van der Waals surface area contributed by atoms with Gasteiger partial charge in [0.25, 0.3) is 0 Å². The summed E-state index contributed by atoms with van der Waals surface area (Å²) in [5.74, 6) is 1.82. The molecule has 0 saturated carbocycles. The molecule has 0 amide bonds. The number of methoxy groups -OCH3 is 1. The number of nitrogens with one attached hydrogen (secondary N) is 1. The van der Waals surface area contributed by atoms with E-state index in [2.05, 4.69) is 58.5 Å². The zero-order valence-corrected chi connectivity index (χ0v) is 20.0. The first-order valence-electron chi connectivity index (χ1n) is 12.2. The standard InChI is InChI=1S/C28H36N4O/c1-3-32(25-13-16-29-17-14-25)21-23-9-4-10-24(19-23)27-15-18-30-28(31-27)12-6-8-22-7-5-11-26(20-22)33-2/h4-5,7,9-11,15,18-20,25,29H,3,6,8,12-14,16-17,21H2,1-2H3. The maximum Gasteiger partial charge on any atom is 0.128 e. The zero-order valence-electron chi connectivity index (χ0n) is 20.0. The van der Waals surface area contributed by atoms with E-state index in [0.29, 0.717) is 6.04 Å². The smallest absolute Gasteiger partial charge is 0.128 e. The molecule has 5 heteroatoms. The molecule has 1 aromatic heterocycles. The van der Waals surface area contributed by atoms with Crippen LogP contribution in [0.3, 0.4) is 0 Å². The third-order valence-corrected chi connectivity index (χ3v) is 6.55. The molecule has 0 spiro atoms. The molecule has 0 unspecified atom stereocenters.